The van der Waals surface area contributed by atoms with Gasteiger partial charge in [0.2, 0.25) is 0 Å². The highest BCUT2D eigenvalue weighted by Crippen LogP contribution is 2.34. The molecule has 1 aliphatic rings. The molecule has 3 N–H and O–H groups in total. The molecule has 7 nitrogen and oxygen atoms in total. The normalized spacial score (nSPS) is 15.7. The van der Waals surface area contributed by atoms with Crippen molar-refractivity contribution in [1.29, 1.82) is 0 Å². The van der Waals surface area contributed by atoms with Crippen molar-refractivity contribution in [3.63, 3.8) is 0 Å². The highest BCUT2D eigenvalue weighted by Gasteiger charge is 2.32. The minimum Gasteiger partial charge on any atom is -0.508 e. The van der Waals surface area contributed by atoms with E-state index < -0.39 is 12.1 Å². The number of aromatic hydroxyl groups is 1. The second-order valence-electron chi connectivity index (χ2n) is 6.34. The van der Waals surface area contributed by atoms with Gasteiger partial charge in [-0.05, 0) is 48.0 Å². The van der Waals surface area contributed by atoms with Crippen molar-refractivity contribution in [2.75, 3.05) is 0 Å². The number of urea groups is 1. The maximum absolute atomic E-state index is 12.0. The first-order chi connectivity index (χ1) is 14.1. The molecule has 3 aromatic rings. The topological polar surface area (TPSA) is 101 Å². The molecule has 1 unspecified atom stereocenters. The van der Waals surface area contributed by atoms with Crippen LogP contribution in [0.25, 0.3) is 0 Å². The molecule has 0 saturated carbocycles. The molecule has 146 valence electrons. The molecule has 29 heavy (non-hydrogen) atoms. The van der Waals surface area contributed by atoms with Crippen LogP contribution in [0.15, 0.2) is 76.8 Å². The molecule has 0 bridgehead atoms. The second kappa shape index (κ2) is 8.24. The minimum atomic E-state index is -0.747. The summed E-state index contributed by atoms with van der Waals surface area (Å²) >= 11 is 1.47. The van der Waals surface area contributed by atoms with Crippen LogP contribution in [0, 0.1) is 0 Å². The predicted molar refractivity (Wildman–Crippen MR) is 107 cm³/mol. The van der Waals surface area contributed by atoms with Gasteiger partial charge in [-0.3, -0.25) is 15.1 Å². The molecule has 1 saturated heterocycles. The number of rotatable bonds is 6. The van der Waals surface area contributed by atoms with Gasteiger partial charge in [-0.15, -0.1) is 0 Å². The van der Waals surface area contributed by atoms with Crippen molar-refractivity contribution in [3.05, 3.63) is 78.1 Å². The number of ether oxygens (including phenoxy) is 1. The van der Waals surface area contributed by atoms with Crippen LogP contribution in [-0.4, -0.2) is 22.0 Å². The molecule has 1 fully saturated rings. The van der Waals surface area contributed by atoms with Crippen LogP contribution in [0.4, 0.5) is 4.79 Å². The van der Waals surface area contributed by atoms with Gasteiger partial charge in [0, 0.05) is 27.7 Å². The van der Waals surface area contributed by atoms with Crippen molar-refractivity contribution in [2.24, 2.45) is 0 Å². The van der Waals surface area contributed by atoms with Crippen LogP contribution in [0.2, 0.25) is 0 Å². The standard InChI is InChI=1S/C21H17N3O4S/c25-14-3-1-2-13(10-14)12-28-15-4-6-16(7-5-15)29-18-8-9-22-11-17(18)19-20(26)24-21(27)23-19/h1-11,19,25H,12H2,(H2,23,24,26,27). The summed E-state index contributed by atoms with van der Waals surface area (Å²) in [7, 11) is 0. The van der Waals surface area contributed by atoms with Gasteiger partial charge in [0.25, 0.3) is 5.91 Å². The van der Waals surface area contributed by atoms with Crippen molar-refractivity contribution >= 4 is 23.7 Å². The van der Waals surface area contributed by atoms with Crippen molar-refractivity contribution in [1.82, 2.24) is 15.6 Å². The number of imide groups is 1. The number of phenols is 1. The summed E-state index contributed by atoms with van der Waals surface area (Å²) in [6.45, 7) is 0.353. The van der Waals surface area contributed by atoms with E-state index in [9.17, 15) is 14.7 Å². The molecule has 1 atom stereocenters. The fourth-order valence-electron chi connectivity index (χ4n) is 2.88. The monoisotopic (exact) mass is 407 g/mol. The van der Waals surface area contributed by atoms with Gasteiger partial charge in [-0.25, -0.2) is 4.79 Å². The Labute approximate surface area is 171 Å². The Morgan fingerprint density at radius 2 is 1.93 bits per heavy atom. The van der Waals surface area contributed by atoms with Crippen molar-refractivity contribution in [3.8, 4) is 11.5 Å². The lowest BCUT2D eigenvalue weighted by atomic mass is 10.1. The first kappa shape index (κ1) is 18.8. The third-order valence-corrected chi connectivity index (χ3v) is 5.36. The molecule has 2 heterocycles. The number of benzene rings is 2. The number of carbonyl (C=O) groups excluding carboxylic acids is 2. The third-order valence-electron chi connectivity index (χ3n) is 4.26. The maximum Gasteiger partial charge on any atom is 0.322 e. The summed E-state index contributed by atoms with van der Waals surface area (Å²) in [5, 5.41) is 14.3. The molecule has 4 rings (SSSR count). The molecular formula is C21H17N3O4S. The van der Waals surface area contributed by atoms with Gasteiger partial charge in [0.05, 0.1) is 0 Å². The van der Waals surface area contributed by atoms with Gasteiger partial charge in [0.15, 0.2) is 0 Å². The minimum absolute atomic E-state index is 0.207. The molecule has 0 radical (unpaired) electrons. The summed E-state index contributed by atoms with van der Waals surface area (Å²) in [4.78, 5) is 29.3. The van der Waals surface area contributed by atoms with Crippen molar-refractivity contribution < 1.29 is 19.4 Å². The predicted octanol–water partition coefficient (Wildman–Crippen LogP) is 3.40. The number of hydrogen-bond donors (Lipinski definition) is 3. The number of nitrogens with zero attached hydrogens (tertiary/aromatic N) is 1. The Kier molecular flexibility index (Phi) is 5.35. The Morgan fingerprint density at radius 3 is 2.66 bits per heavy atom. The first-order valence-electron chi connectivity index (χ1n) is 8.82. The highest BCUT2D eigenvalue weighted by atomic mass is 32.2. The number of aromatic nitrogens is 1. The van der Waals surface area contributed by atoms with Gasteiger partial charge < -0.3 is 15.2 Å². The lowest BCUT2D eigenvalue weighted by Crippen LogP contribution is -2.22. The summed E-state index contributed by atoms with van der Waals surface area (Å²) in [6.07, 6.45) is 3.23. The largest absolute Gasteiger partial charge is 0.508 e. The van der Waals surface area contributed by atoms with Gasteiger partial charge >= 0.3 is 6.03 Å². The quantitative estimate of drug-likeness (QED) is 0.542. The summed E-state index contributed by atoms with van der Waals surface area (Å²) in [6, 6.07) is 15.0. The molecule has 1 aromatic heterocycles. The number of carbonyl (C=O) groups is 2. The van der Waals surface area contributed by atoms with E-state index in [1.165, 1.54) is 11.8 Å². The zero-order chi connectivity index (χ0) is 20.2. The van der Waals surface area contributed by atoms with E-state index >= 15 is 0 Å². The zero-order valence-corrected chi connectivity index (χ0v) is 16.0. The molecule has 0 spiro atoms. The molecule has 1 aliphatic heterocycles. The van der Waals surface area contributed by atoms with Crippen LogP contribution in [0.5, 0.6) is 11.5 Å². The van der Waals surface area contributed by atoms with Gasteiger partial charge in [-0.1, -0.05) is 23.9 Å². The molecule has 3 amide bonds. The number of hydrogen-bond acceptors (Lipinski definition) is 6. The Morgan fingerprint density at radius 1 is 1.10 bits per heavy atom. The SMILES string of the molecule is O=C1NC(=O)C(c2cnccc2Sc2ccc(OCc3cccc(O)c3)cc2)N1. The van der Waals surface area contributed by atoms with E-state index in [1.807, 2.05) is 36.4 Å². The van der Waals surface area contributed by atoms with Gasteiger partial charge in [0.1, 0.15) is 24.1 Å². The Hall–Kier alpha value is -3.52. The fraction of sp³-hybridized carbons (Fsp3) is 0.0952. The Balaban J connectivity index is 1.44. The van der Waals surface area contributed by atoms with Crippen LogP contribution in [0.3, 0.4) is 0 Å². The van der Waals surface area contributed by atoms with Crippen molar-refractivity contribution in [2.45, 2.75) is 22.4 Å². The summed E-state index contributed by atoms with van der Waals surface area (Å²) < 4.78 is 5.75. The van der Waals surface area contributed by atoms with Gasteiger partial charge in [-0.2, -0.15) is 0 Å². The van der Waals surface area contributed by atoms with E-state index in [1.54, 1.807) is 30.6 Å². The number of phenolic OH excluding ortho intramolecular Hbond substituents is 1. The highest BCUT2D eigenvalue weighted by molar-refractivity contribution is 7.99. The average Bonchev–Trinajstić information content (AvgIpc) is 3.06. The summed E-state index contributed by atoms with van der Waals surface area (Å²) in [5.74, 6) is 0.522. The van der Waals surface area contributed by atoms with Crippen LogP contribution >= 0.6 is 11.8 Å². The van der Waals surface area contributed by atoms with Crippen LogP contribution in [-0.2, 0) is 11.4 Å². The molecule has 0 aliphatic carbocycles. The second-order valence-corrected chi connectivity index (χ2v) is 7.46. The molecule has 8 heteroatoms. The van der Waals surface area contributed by atoms with Crippen LogP contribution in [0.1, 0.15) is 17.2 Å². The number of amides is 3. The third kappa shape index (κ3) is 4.49. The van der Waals surface area contributed by atoms with Crippen LogP contribution < -0.4 is 15.4 Å². The lowest BCUT2D eigenvalue weighted by molar-refractivity contribution is -0.120. The average molecular weight is 407 g/mol. The lowest BCUT2D eigenvalue weighted by Gasteiger charge is -2.13. The molecular weight excluding hydrogens is 390 g/mol. The van der Waals surface area contributed by atoms with E-state index in [2.05, 4.69) is 15.6 Å². The Bertz CT molecular complexity index is 1060. The van der Waals surface area contributed by atoms with E-state index in [0.717, 1.165) is 15.4 Å². The van der Waals surface area contributed by atoms with E-state index in [0.29, 0.717) is 17.9 Å². The zero-order valence-electron chi connectivity index (χ0n) is 15.2. The first-order valence-corrected chi connectivity index (χ1v) is 9.64. The number of pyridine rings is 1. The summed E-state index contributed by atoms with van der Waals surface area (Å²) in [5.41, 5.74) is 1.52. The van der Waals surface area contributed by atoms with E-state index in [-0.39, 0.29) is 11.7 Å². The van der Waals surface area contributed by atoms with E-state index in [4.69, 9.17) is 4.74 Å². The molecule has 2 aromatic carbocycles. The smallest absolute Gasteiger partial charge is 0.322 e. The maximum atomic E-state index is 12.0. The number of nitrogens with one attached hydrogen (secondary N) is 2. The fourth-order valence-corrected chi connectivity index (χ4v) is 3.83.